The van der Waals surface area contributed by atoms with Crippen molar-refractivity contribution >= 4 is 32.6 Å². The number of allylic oxidation sites excluding steroid dienone is 1. The normalized spacial score (nSPS) is 12.5. The number of esters is 1. The molecule has 1 aromatic heterocycles. The van der Waals surface area contributed by atoms with Crippen molar-refractivity contribution in [3.05, 3.63) is 65.2 Å². The summed E-state index contributed by atoms with van der Waals surface area (Å²) in [5.74, 6) is -1.16. The summed E-state index contributed by atoms with van der Waals surface area (Å²) in [4.78, 5) is 19.8. The number of sulfonamides is 1. The minimum Gasteiger partial charge on any atom is -0.507 e. The van der Waals surface area contributed by atoms with E-state index in [4.69, 9.17) is 4.74 Å². The molecule has 0 aliphatic heterocycles. The van der Waals surface area contributed by atoms with E-state index < -0.39 is 28.4 Å². The van der Waals surface area contributed by atoms with Crippen molar-refractivity contribution in [1.29, 1.82) is 5.26 Å². The average Bonchev–Trinajstić information content (AvgIpc) is 3.22. The third-order valence-electron chi connectivity index (χ3n) is 5.11. The minimum absolute atomic E-state index is 0.0143. The van der Waals surface area contributed by atoms with Crippen LogP contribution in [0.4, 0.5) is 0 Å². The van der Waals surface area contributed by atoms with Gasteiger partial charge in [0.15, 0.2) is 11.6 Å². The Morgan fingerprint density at radius 1 is 1.21 bits per heavy atom. The summed E-state index contributed by atoms with van der Waals surface area (Å²) >= 11 is 0. The molecule has 172 valence electrons. The first kappa shape index (κ1) is 24.0. The van der Waals surface area contributed by atoms with E-state index in [0.717, 1.165) is 0 Å². The number of hydrogen-bond acceptors (Lipinski definition) is 7. The lowest BCUT2D eigenvalue weighted by Gasteiger charge is -2.20. The van der Waals surface area contributed by atoms with Gasteiger partial charge in [-0.1, -0.05) is 32.0 Å². The Bertz CT molecular complexity index is 1330. The lowest BCUT2D eigenvalue weighted by atomic mass is 10.1. The number of aliphatic hydroxyl groups excluding tert-OH is 1. The molecule has 1 heterocycles. The molecule has 0 fully saturated rings. The monoisotopic (exact) mass is 468 g/mol. The van der Waals surface area contributed by atoms with Crippen molar-refractivity contribution in [3.8, 4) is 6.07 Å². The first-order chi connectivity index (χ1) is 15.7. The number of nitrogens with zero attached hydrogens (tertiary/aromatic N) is 3. The number of carbonyl (C=O) groups excluding carboxylic acids is 1. The van der Waals surface area contributed by atoms with Gasteiger partial charge >= 0.3 is 5.97 Å². The van der Waals surface area contributed by atoms with Crippen molar-refractivity contribution in [3.63, 3.8) is 0 Å². The number of aliphatic hydroxyl groups is 1. The largest absolute Gasteiger partial charge is 0.507 e. The molecule has 0 saturated heterocycles. The lowest BCUT2D eigenvalue weighted by Crippen LogP contribution is -2.31. The topological polar surface area (TPSA) is 136 Å². The Morgan fingerprint density at radius 2 is 1.91 bits per heavy atom. The Balaban J connectivity index is 1.83. The quantitative estimate of drug-likeness (QED) is 0.293. The second kappa shape index (κ2) is 9.85. The second-order valence-corrected chi connectivity index (χ2v) is 9.09. The number of carbonyl (C=O) groups is 1. The summed E-state index contributed by atoms with van der Waals surface area (Å²) in [6.45, 7) is 5.13. The number of aromatic nitrogens is 2. The maximum Gasteiger partial charge on any atom is 0.338 e. The zero-order valence-corrected chi connectivity index (χ0v) is 19.3. The van der Waals surface area contributed by atoms with Crippen molar-refractivity contribution in [2.24, 2.45) is 0 Å². The zero-order chi connectivity index (χ0) is 24.2. The predicted molar refractivity (Wildman–Crippen MR) is 123 cm³/mol. The van der Waals surface area contributed by atoms with Gasteiger partial charge in [0.05, 0.1) is 21.5 Å². The number of imidazole rings is 1. The van der Waals surface area contributed by atoms with Crippen LogP contribution in [-0.2, 0) is 14.8 Å². The molecule has 2 N–H and O–H groups in total. The van der Waals surface area contributed by atoms with Crippen LogP contribution >= 0.6 is 0 Å². The van der Waals surface area contributed by atoms with Crippen molar-refractivity contribution < 1.29 is 23.1 Å². The molecule has 0 bridgehead atoms. The van der Waals surface area contributed by atoms with Crippen LogP contribution in [0.1, 0.15) is 35.6 Å². The van der Waals surface area contributed by atoms with Gasteiger partial charge in [-0.25, -0.2) is 18.2 Å². The molecule has 0 aliphatic rings. The number of hydrogen-bond donors (Lipinski definition) is 2. The number of nitrogens with one attached hydrogen (secondary N) is 1. The van der Waals surface area contributed by atoms with Gasteiger partial charge in [0.1, 0.15) is 18.2 Å². The van der Waals surface area contributed by atoms with Gasteiger partial charge in [-0.2, -0.15) is 9.57 Å². The number of aryl methyl sites for hydroxylation is 1. The molecule has 3 aromatic rings. The van der Waals surface area contributed by atoms with Crippen LogP contribution in [0, 0.1) is 18.3 Å². The van der Waals surface area contributed by atoms with Crippen LogP contribution in [-0.4, -0.2) is 53.5 Å². The van der Waals surface area contributed by atoms with Gasteiger partial charge in [-0.15, -0.1) is 0 Å². The molecule has 0 radical (unpaired) electrons. The van der Waals surface area contributed by atoms with Crippen LogP contribution in [0.2, 0.25) is 0 Å². The summed E-state index contributed by atoms with van der Waals surface area (Å²) in [5, 5.41) is 19.8. The van der Waals surface area contributed by atoms with E-state index in [1.54, 1.807) is 45.0 Å². The van der Waals surface area contributed by atoms with Gasteiger partial charge < -0.3 is 14.8 Å². The number of rotatable bonds is 8. The Kier molecular flexibility index (Phi) is 7.16. The van der Waals surface area contributed by atoms with Gasteiger partial charge in [0.25, 0.3) is 0 Å². The molecule has 9 nitrogen and oxygen atoms in total. The molecule has 0 unspecified atom stereocenters. The molecule has 0 spiro atoms. The van der Waals surface area contributed by atoms with E-state index in [-0.39, 0.29) is 21.9 Å². The highest BCUT2D eigenvalue weighted by atomic mass is 32.2. The smallest absolute Gasteiger partial charge is 0.338 e. The molecule has 0 atom stereocenters. The zero-order valence-electron chi connectivity index (χ0n) is 18.5. The summed E-state index contributed by atoms with van der Waals surface area (Å²) in [7, 11) is -3.77. The summed E-state index contributed by atoms with van der Waals surface area (Å²) in [6, 6.07) is 13.2. The van der Waals surface area contributed by atoms with Gasteiger partial charge in [-0.05, 0) is 36.8 Å². The molecular formula is C23H24N4O5S. The van der Waals surface area contributed by atoms with Crippen molar-refractivity contribution in [2.75, 3.05) is 19.7 Å². The predicted octanol–water partition coefficient (Wildman–Crippen LogP) is 3.55. The first-order valence-electron chi connectivity index (χ1n) is 10.3. The molecule has 10 heteroatoms. The molecule has 2 aromatic carbocycles. The summed E-state index contributed by atoms with van der Waals surface area (Å²) in [6.07, 6.45) is 0. The summed E-state index contributed by atoms with van der Waals surface area (Å²) < 4.78 is 32.2. The highest BCUT2D eigenvalue weighted by molar-refractivity contribution is 7.89. The SMILES string of the molecule is CCN(CC)S(=O)(=O)c1cc(C(=O)OC/C(O)=C(\C#N)c2nc3ccccc3[nH]2)ccc1C. The third-order valence-corrected chi connectivity index (χ3v) is 7.31. The van der Waals surface area contributed by atoms with Crippen LogP contribution < -0.4 is 0 Å². The standard InChI is InChI=1S/C23H24N4O5S/c1-4-27(5-2)33(30,31)21-12-16(11-10-15(21)3)23(29)32-14-20(28)17(13-24)22-25-18-8-6-7-9-19(18)26-22/h6-12,28H,4-5,14H2,1-3H3,(H,25,26)/b20-17-. The van der Waals surface area contributed by atoms with E-state index in [0.29, 0.717) is 29.7 Å². The van der Waals surface area contributed by atoms with Gasteiger partial charge in [-0.3, -0.25) is 0 Å². The molecule has 0 aliphatic carbocycles. The fraction of sp³-hybridized carbons (Fsp3) is 0.261. The average molecular weight is 469 g/mol. The lowest BCUT2D eigenvalue weighted by molar-refractivity contribution is 0.0502. The maximum atomic E-state index is 12.9. The van der Waals surface area contributed by atoms with Crippen LogP contribution in [0.5, 0.6) is 0 Å². The number of benzene rings is 2. The number of aromatic amines is 1. The van der Waals surface area contributed by atoms with Crippen LogP contribution in [0.25, 0.3) is 16.6 Å². The highest BCUT2D eigenvalue weighted by Crippen LogP contribution is 2.23. The molecule has 0 amide bonds. The van der Waals surface area contributed by atoms with E-state index >= 15 is 0 Å². The molecule has 33 heavy (non-hydrogen) atoms. The number of fused-ring (bicyclic) bond motifs is 1. The highest BCUT2D eigenvalue weighted by Gasteiger charge is 2.25. The maximum absolute atomic E-state index is 12.9. The summed E-state index contributed by atoms with van der Waals surface area (Å²) in [5.41, 5.74) is 1.66. The second-order valence-electron chi connectivity index (χ2n) is 7.18. The van der Waals surface area contributed by atoms with Gasteiger partial charge in [0, 0.05) is 13.1 Å². The molecule has 0 saturated carbocycles. The minimum atomic E-state index is -3.77. The first-order valence-corrected chi connectivity index (χ1v) is 11.7. The molecular weight excluding hydrogens is 444 g/mol. The van der Waals surface area contributed by atoms with Crippen LogP contribution in [0.15, 0.2) is 53.1 Å². The van der Waals surface area contributed by atoms with Gasteiger partial charge in [0.2, 0.25) is 10.0 Å². The fourth-order valence-electron chi connectivity index (χ4n) is 3.32. The van der Waals surface area contributed by atoms with Crippen molar-refractivity contribution in [1.82, 2.24) is 14.3 Å². The van der Waals surface area contributed by atoms with Crippen LogP contribution in [0.3, 0.4) is 0 Å². The van der Waals surface area contributed by atoms with E-state index in [9.17, 15) is 23.6 Å². The third kappa shape index (κ3) is 4.89. The number of para-hydroxylation sites is 2. The Labute approximate surface area is 192 Å². The van der Waals surface area contributed by atoms with Crippen molar-refractivity contribution in [2.45, 2.75) is 25.7 Å². The fourth-order valence-corrected chi connectivity index (χ4v) is 5.03. The number of ether oxygens (including phenoxy) is 1. The number of H-pyrrole nitrogens is 1. The Hall–Kier alpha value is -3.68. The van der Waals surface area contributed by atoms with E-state index in [2.05, 4.69) is 9.97 Å². The van der Waals surface area contributed by atoms with E-state index in [1.807, 2.05) is 6.07 Å². The molecule has 3 rings (SSSR count). The number of nitriles is 1. The Morgan fingerprint density at radius 3 is 2.55 bits per heavy atom. The van der Waals surface area contributed by atoms with E-state index in [1.165, 1.54) is 22.5 Å².